The fraction of sp³-hybridized carbons (Fsp3) is 0.240. The molecule has 4 aromatic rings. The fourth-order valence-electron chi connectivity index (χ4n) is 4.19. The minimum atomic E-state index is -0.212. The molecule has 8 heteroatoms. The molecule has 1 aliphatic rings. The summed E-state index contributed by atoms with van der Waals surface area (Å²) >= 11 is 7.35. The molecule has 1 N–H and O–H groups in total. The van der Waals surface area contributed by atoms with Gasteiger partial charge in [-0.3, -0.25) is 9.59 Å². The van der Waals surface area contributed by atoms with Crippen molar-refractivity contribution in [2.24, 2.45) is 5.92 Å². The first-order chi connectivity index (χ1) is 16.0. The first-order valence-corrected chi connectivity index (χ1v) is 12.1. The van der Waals surface area contributed by atoms with Crippen LogP contribution in [0, 0.1) is 12.8 Å². The molecule has 0 spiro atoms. The molecule has 5 rings (SSSR count). The molecule has 3 heterocycles. The lowest BCUT2D eigenvalue weighted by molar-refractivity contribution is -0.120. The fourth-order valence-corrected chi connectivity index (χ4v) is 5.08. The van der Waals surface area contributed by atoms with E-state index in [1.165, 1.54) is 11.3 Å². The van der Waals surface area contributed by atoms with Gasteiger partial charge in [0, 0.05) is 23.8 Å². The average molecular weight is 479 g/mol. The summed E-state index contributed by atoms with van der Waals surface area (Å²) in [5.41, 5.74) is 3.22. The summed E-state index contributed by atoms with van der Waals surface area (Å²) in [4.78, 5) is 33.4. The predicted octanol–water partition coefficient (Wildman–Crippen LogP) is 5.26. The summed E-state index contributed by atoms with van der Waals surface area (Å²) in [5, 5.41) is 5.50. The average Bonchev–Trinajstić information content (AvgIpc) is 3.31. The number of aryl methyl sites for hydroxylation is 1. The van der Waals surface area contributed by atoms with Crippen LogP contribution in [0.3, 0.4) is 0 Å². The smallest absolute Gasteiger partial charge is 0.277 e. The lowest BCUT2D eigenvalue weighted by atomic mass is 9.97. The first-order valence-electron chi connectivity index (χ1n) is 10.9. The van der Waals surface area contributed by atoms with Gasteiger partial charge in [0.15, 0.2) is 0 Å². The Morgan fingerprint density at radius 3 is 2.64 bits per heavy atom. The molecular formula is C25H23ClN4O2S. The highest BCUT2D eigenvalue weighted by atomic mass is 35.5. The minimum Gasteiger partial charge on any atom is -0.341 e. The number of benzene rings is 2. The van der Waals surface area contributed by atoms with Crippen LogP contribution < -0.4 is 15.8 Å². The predicted molar refractivity (Wildman–Crippen MR) is 135 cm³/mol. The van der Waals surface area contributed by atoms with Gasteiger partial charge in [-0.25, -0.2) is 9.55 Å². The Balaban J connectivity index is 1.48. The van der Waals surface area contributed by atoms with Crippen molar-refractivity contribution in [3.63, 3.8) is 0 Å². The van der Waals surface area contributed by atoms with Crippen molar-refractivity contribution < 1.29 is 4.79 Å². The third-order valence-corrected chi connectivity index (χ3v) is 7.08. The largest absolute Gasteiger partial charge is 0.341 e. The monoisotopic (exact) mass is 478 g/mol. The topological polar surface area (TPSA) is 67.2 Å². The van der Waals surface area contributed by atoms with E-state index in [1.54, 1.807) is 28.8 Å². The second-order valence-corrected chi connectivity index (χ2v) is 9.66. The summed E-state index contributed by atoms with van der Waals surface area (Å²) in [6.45, 7) is 3.24. The molecule has 0 saturated carbocycles. The van der Waals surface area contributed by atoms with Gasteiger partial charge in [0.2, 0.25) is 11.9 Å². The molecule has 1 amide bonds. The molecule has 0 unspecified atom stereocenters. The van der Waals surface area contributed by atoms with Crippen LogP contribution in [0.2, 0.25) is 5.02 Å². The van der Waals surface area contributed by atoms with E-state index in [2.05, 4.69) is 10.2 Å². The van der Waals surface area contributed by atoms with Gasteiger partial charge in [-0.1, -0.05) is 29.3 Å². The van der Waals surface area contributed by atoms with Crippen LogP contribution in [0.4, 0.5) is 11.6 Å². The summed E-state index contributed by atoms with van der Waals surface area (Å²) in [6, 6.07) is 16.8. The van der Waals surface area contributed by atoms with Crippen LogP contribution in [0.1, 0.15) is 18.4 Å². The highest BCUT2D eigenvalue weighted by Crippen LogP contribution is 2.27. The highest BCUT2D eigenvalue weighted by molar-refractivity contribution is 7.17. The van der Waals surface area contributed by atoms with Gasteiger partial charge in [-0.15, -0.1) is 11.3 Å². The minimum absolute atomic E-state index is 0.0390. The molecule has 1 atom stereocenters. The van der Waals surface area contributed by atoms with Gasteiger partial charge in [0.05, 0.1) is 17.1 Å². The van der Waals surface area contributed by atoms with E-state index in [0.717, 1.165) is 36.3 Å². The zero-order chi connectivity index (χ0) is 22.9. The first kappa shape index (κ1) is 21.7. The number of thiophene rings is 1. The molecule has 168 valence electrons. The summed E-state index contributed by atoms with van der Waals surface area (Å²) in [7, 11) is 0. The van der Waals surface area contributed by atoms with Crippen LogP contribution in [0.15, 0.2) is 64.8 Å². The number of piperidine rings is 1. The molecule has 1 fully saturated rings. The van der Waals surface area contributed by atoms with E-state index in [0.29, 0.717) is 27.7 Å². The maximum atomic E-state index is 13.4. The molecule has 0 radical (unpaired) electrons. The Labute approximate surface area is 200 Å². The van der Waals surface area contributed by atoms with Crippen LogP contribution in [-0.2, 0) is 4.79 Å². The Kier molecular flexibility index (Phi) is 5.91. The quantitative estimate of drug-likeness (QED) is 0.434. The van der Waals surface area contributed by atoms with Crippen molar-refractivity contribution in [1.29, 1.82) is 0 Å². The van der Waals surface area contributed by atoms with Crippen molar-refractivity contribution in [3.05, 3.63) is 80.9 Å². The van der Waals surface area contributed by atoms with E-state index in [9.17, 15) is 9.59 Å². The second kappa shape index (κ2) is 9.00. The third-order valence-electron chi connectivity index (χ3n) is 5.94. The van der Waals surface area contributed by atoms with Gasteiger partial charge < -0.3 is 10.2 Å². The SMILES string of the molecule is Cc1ccc(-n2c(N3CCC[C@H](C(=O)Nc4ccc(Cl)cc4)C3)nc3ccsc3c2=O)cc1. The number of carbonyl (C=O) groups excluding carboxylic acids is 1. The van der Waals surface area contributed by atoms with Crippen LogP contribution in [0.5, 0.6) is 0 Å². The standard InChI is InChI=1S/C25H23ClN4O2S/c1-16-4-10-20(11-5-16)30-24(32)22-21(12-14-33-22)28-25(30)29-13-2-3-17(15-29)23(31)27-19-8-6-18(26)7-9-19/h4-12,14,17H,2-3,13,15H2,1H3,(H,27,31)/t17-/m0/s1. The number of rotatable bonds is 4. The van der Waals surface area contributed by atoms with Gasteiger partial charge >= 0.3 is 0 Å². The molecule has 2 aromatic heterocycles. The third kappa shape index (κ3) is 4.38. The van der Waals surface area contributed by atoms with Gasteiger partial charge in [0.1, 0.15) is 4.70 Å². The van der Waals surface area contributed by atoms with Crippen molar-refractivity contribution in [2.45, 2.75) is 19.8 Å². The normalized spacial score (nSPS) is 16.2. The van der Waals surface area contributed by atoms with Crippen molar-refractivity contribution in [1.82, 2.24) is 9.55 Å². The number of amides is 1. The van der Waals surface area contributed by atoms with E-state index in [-0.39, 0.29) is 17.4 Å². The lowest BCUT2D eigenvalue weighted by Gasteiger charge is -2.34. The van der Waals surface area contributed by atoms with Crippen molar-refractivity contribution in [3.8, 4) is 5.69 Å². The number of nitrogens with zero attached hydrogens (tertiary/aromatic N) is 3. The Bertz CT molecular complexity index is 1360. The molecule has 1 saturated heterocycles. The number of anilines is 2. The lowest BCUT2D eigenvalue weighted by Crippen LogP contribution is -2.43. The Morgan fingerprint density at radius 1 is 1.12 bits per heavy atom. The maximum absolute atomic E-state index is 13.4. The van der Waals surface area contributed by atoms with E-state index in [4.69, 9.17) is 16.6 Å². The zero-order valence-electron chi connectivity index (χ0n) is 18.1. The van der Waals surface area contributed by atoms with Gasteiger partial charge in [0.25, 0.3) is 5.56 Å². The number of aromatic nitrogens is 2. The van der Waals surface area contributed by atoms with Crippen LogP contribution >= 0.6 is 22.9 Å². The maximum Gasteiger partial charge on any atom is 0.277 e. The highest BCUT2D eigenvalue weighted by Gasteiger charge is 2.29. The van der Waals surface area contributed by atoms with Crippen molar-refractivity contribution in [2.75, 3.05) is 23.3 Å². The summed E-state index contributed by atoms with van der Waals surface area (Å²) in [5.74, 6) is 0.331. The number of hydrogen-bond acceptors (Lipinski definition) is 5. The zero-order valence-corrected chi connectivity index (χ0v) is 19.7. The number of hydrogen-bond donors (Lipinski definition) is 1. The Hall–Kier alpha value is -3.16. The molecular weight excluding hydrogens is 456 g/mol. The number of halogens is 1. The van der Waals surface area contributed by atoms with Gasteiger partial charge in [-0.2, -0.15) is 0 Å². The molecule has 0 bridgehead atoms. The van der Waals surface area contributed by atoms with Crippen molar-refractivity contribution >= 4 is 50.7 Å². The molecule has 0 aliphatic carbocycles. The van der Waals surface area contributed by atoms with E-state index in [1.807, 2.05) is 42.6 Å². The van der Waals surface area contributed by atoms with Crippen LogP contribution in [-0.4, -0.2) is 28.5 Å². The second-order valence-electron chi connectivity index (χ2n) is 8.30. The van der Waals surface area contributed by atoms with E-state index < -0.39 is 0 Å². The molecule has 1 aliphatic heterocycles. The number of carbonyl (C=O) groups is 1. The Morgan fingerprint density at radius 2 is 1.88 bits per heavy atom. The molecule has 6 nitrogen and oxygen atoms in total. The number of fused-ring (bicyclic) bond motifs is 1. The van der Waals surface area contributed by atoms with Crippen LogP contribution in [0.25, 0.3) is 15.9 Å². The molecule has 2 aromatic carbocycles. The summed E-state index contributed by atoms with van der Waals surface area (Å²) < 4.78 is 2.31. The molecule has 33 heavy (non-hydrogen) atoms. The van der Waals surface area contributed by atoms with Gasteiger partial charge in [-0.05, 0) is 67.6 Å². The summed E-state index contributed by atoms with van der Waals surface area (Å²) in [6.07, 6.45) is 1.62. The van der Waals surface area contributed by atoms with E-state index >= 15 is 0 Å². The number of nitrogens with one attached hydrogen (secondary N) is 1.